The second-order valence-corrected chi connectivity index (χ2v) is 6.72. The topological polar surface area (TPSA) is 12.0 Å². The first kappa shape index (κ1) is 14.7. The third-order valence-corrected chi connectivity index (χ3v) is 4.91. The summed E-state index contributed by atoms with van der Waals surface area (Å²) < 4.78 is 0. The standard InChI is InChI=1S/C17H26ClN/c1-12(2)14-5-4-6-15(10-8-14)19-16-9-7-13(3)17(18)11-16/h7,9,11-12,14-15,19H,4-6,8,10H2,1-3H3. The number of anilines is 1. The van der Waals surface area contributed by atoms with Crippen LogP contribution in [0, 0.1) is 18.8 Å². The fraction of sp³-hybridized carbons (Fsp3) is 0.647. The number of aryl methyl sites for hydroxylation is 1. The highest BCUT2D eigenvalue weighted by Gasteiger charge is 2.20. The molecule has 19 heavy (non-hydrogen) atoms. The number of hydrogen-bond acceptors (Lipinski definition) is 1. The summed E-state index contributed by atoms with van der Waals surface area (Å²) in [4.78, 5) is 0. The van der Waals surface area contributed by atoms with Crippen molar-refractivity contribution in [2.24, 2.45) is 11.8 Å². The molecule has 0 saturated heterocycles. The quantitative estimate of drug-likeness (QED) is 0.704. The number of halogens is 1. The first-order valence-corrected chi connectivity index (χ1v) is 7.96. The van der Waals surface area contributed by atoms with Crippen molar-refractivity contribution in [2.75, 3.05) is 5.32 Å². The molecule has 1 saturated carbocycles. The molecule has 0 amide bonds. The van der Waals surface area contributed by atoms with Gasteiger partial charge < -0.3 is 5.32 Å². The minimum atomic E-state index is 0.613. The molecule has 0 aliphatic heterocycles. The molecule has 1 N–H and O–H groups in total. The number of benzene rings is 1. The van der Waals surface area contributed by atoms with Gasteiger partial charge in [-0.15, -0.1) is 0 Å². The fourth-order valence-corrected chi connectivity index (χ4v) is 3.24. The largest absolute Gasteiger partial charge is 0.382 e. The van der Waals surface area contributed by atoms with Crippen molar-refractivity contribution in [3.63, 3.8) is 0 Å². The molecule has 1 aromatic rings. The highest BCUT2D eigenvalue weighted by Crippen LogP contribution is 2.30. The van der Waals surface area contributed by atoms with E-state index in [0.29, 0.717) is 6.04 Å². The molecular formula is C17H26ClN. The van der Waals surface area contributed by atoms with Crippen LogP contribution in [0.15, 0.2) is 18.2 Å². The summed E-state index contributed by atoms with van der Waals surface area (Å²) in [6.07, 6.45) is 6.67. The summed E-state index contributed by atoms with van der Waals surface area (Å²) in [6, 6.07) is 6.91. The molecule has 2 rings (SSSR count). The molecule has 106 valence electrons. The Hall–Kier alpha value is -0.690. The summed E-state index contributed by atoms with van der Waals surface area (Å²) >= 11 is 6.19. The molecule has 1 fully saturated rings. The first-order valence-electron chi connectivity index (χ1n) is 7.59. The van der Waals surface area contributed by atoms with Crippen molar-refractivity contribution in [2.45, 2.75) is 58.9 Å². The predicted molar refractivity (Wildman–Crippen MR) is 85.0 cm³/mol. The number of rotatable bonds is 3. The lowest BCUT2D eigenvalue weighted by molar-refractivity contribution is 0.341. The molecule has 1 nitrogen and oxygen atoms in total. The normalized spacial score (nSPS) is 24.3. The maximum atomic E-state index is 6.19. The van der Waals surface area contributed by atoms with E-state index >= 15 is 0 Å². The van der Waals surface area contributed by atoms with Crippen molar-refractivity contribution in [3.8, 4) is 0 Å². The Balaban J connectivity index is 1.94. The minimum Gasteiger partial charge on any atom is -0.382 e. The van der Waals surface area contributed by atoms with Crippen LogP contribution in [0.25, 0.3) is 0 Å². The van der Waals surface area contributed by atoms with Crippen molar-refractivity contribution in [1.29, 1.82) is 0 Å². The van der Waals surface area contributed by atoms with Gasteiger partial charge in [0.1, 0.15) is 0 Å². The average molecular weight is 280 g/mol. The summed E-state index contributed by atoms with van der Waals surface area (Å²) in [6.45, 7) is 6.77. The SMILES string of the molecule is Cc1ccc(NC2CCCC(C(C)C)CC2)cc1Cl. The van der Waals surface area contributed by atoms with E-state index in [9.17, 15) is 0 Å². The summed E-state index contributed by atoms with van der Waals surface area (Å²) in [5, 5.41) is 4.52. The van der Waals surface area contributed by atoms with E-state index in [-0.39, 0.29) is 0 Å². The fourth-order valence-electron chi connectivity index (χ4n) is 3.06. The van der Waals surface area contributed by atoms with Gasteiger partial charge in [0.2, 0.25) is 0 Å². The lowest BCUT2D eigenvalue weighted by atomic mass is 9.89. The third kappa shape index (κ3) is 4.14. The van der Waals surface area contributed by atoms with Crippen molar-refractivity contribution < 1.29 is 0 Å². The number of hydrogen-bond donors (Lipinski definition) is 1. The van der Waals surface area contributed by atoms with Crippen molar-refractivity contribution in [3.05, 3.63) is 28.8 Å². The molecule has 2 atom stereocenters. The Morgan fingerprint density at radius 1 is 1.16 bits per heavy atom. The maximum Gasteiger partial charge on any atom is 0.0455 e. The Kier molecular flexibility index (Phi) is 5.15. The van der Waals surface area contributed by atoms with Gasteiger partial charge in [-0.05, 0) is 55.7 Å². The third-order valence-electron chi connectivity index (χ3n) is 4.50. The van der Waals surface area contributed by atoms with Gasteiger partial charge in [-0.2, -0.15) is 0 Å². The molecule has 1 aliphatic rings. The highest BCUT2D eigenvalue weighted by molar-refractivity contribution is 6.31. The zero-order chi connectivity index (χ0) is 13.8. The van der Waals surface area contributed by atoms with Gasteiger partial charge in [0.05, 0.1) is 0 Å². The van der Waals surface area contributed by atoms with Crippen LogP contribution in [0.5, 0.6) is 0 Å². The second kappa shape index (κ2) is 6.65. The zero-order valence-electron chi connectivity index (χ0n) is 12.4. The Labute approximate surface area is 122 Å². The molecule has 1 aromatic carbocycles. The van der Waals surface area contributed by atoms with E-state index in [1.54, 1.807) is 0 Å². The average Bonchev–Trinajstić information content (AvgIpc) is 2.59. The van der Waals surface area contributed by atoms with Gasteiger partial charge >= 0.3 is 0 Å². The molecule has 2 heteroatoms. The molecule has 0 spiro atoms. The monoisotopic (exact) mass is 279 g/mol. The molecular weight excluding hydrogens is 254 g/mol. The second-order valence-electron chi connectivity index (χ2n) is 6.32. The zero-order valence-corrected chi connectivity index (χ0v) is 13.1. The summed E-state index contributed by atoms with van der Waals surface area (Å²) in [5.41, 5.74) is 2.32. The van der Waals surface area contributed by atoms with Crippen LogP contribution in [0.1, 0.15) is 51.5 Å². The minimum absolute atomic E-state index is 0.613. The maximum absolute atomic E-state index is 6.19. The van der Waals surface area contributed by atoms with Gasteiger partial charge in [-0.3, -0.25) is 0 Å². The van der Waals surface area contributed by atoms with Gasteiger partial charge in [0.15, 0.2) is 0 Å². The Bertz CT molecular complexity index is 414. The van der Waals surface area contributed by atoms with Crippen molar-refractivity contribution >= 4 is 17.3 Å². The van der Waals surface area contributed by atoms with Crippen LogP contribution in [0.2, 0.25) is 5.02 Å². The smallest absolute Gasteiger partial charge is 0.0455 e. The van der Waals surface area contributed by atoms with E-state index in [4.69, 9.17) is 11.6 Å². The highest BCUT2D eigenvalue weighted by atomic mass is 35.5. The molecule has 2 unspecified atom stereocenters. The Morgan fingerprint density at radius 3 is 2.63 bits per heavy atom. The molecule has 0 bridgehead atoms. The van der Waals surface area contributed by atoms with E-state index in [0.717, 1.165) is 22.4 Å². The van der Waals surface area contributed by atoms with Crippen LogP contribution in [0.3, 0.4) is 0 Å². The van der Waals surface area contributed by atoms with E-state index in [1.165, 1.54) is 37.8 Å². The molecule has 1 aliphatic carbocycles. The Morgan fingerprint density at radius 2 is 1.95 bits per heavy atom. The van der Waals surface area contributed by atoms with Crippen LogP contribution in [-0.2, 0) is 0 Å². The molecule has 0 heterocycles. The van der Waals surface area contributed by atoms with E-state index < -0.39 is 0 Å². The van der Waals surface area contributed by atoms with Crippen LogP contribution in [-0.4, -0.2) is 6.04 Å². The lowest BCUT2D eigenvalue weighted by Gasteiger charge is -2.20. The molecule has 0 aromatic heterocycles. The van der Waals surface area contributed by atoms with Gasteiger partial charge in [-0.25, -0.2) is 0 Å². The van der Waals surface area contributed by atoms with Crippen LogP contribution < -0.4 is 5.32 Å². The van der Waals surface area contributed by atoms with Crippen molar-refractivity contribution in [1.82, 2.24) is 0 Å². The predicted octanol–water partition coefficient (Wildman–Crippen LogP) is 5.67. The van der Waals surface area contributed by atoms with Crippen LogP contribution in [0.4, 0.5) is 5.69 Å². The molecule has 0 radical (unpaired) electrons. The van der Waals surface area contributed by atoms with Gasteiger partial charge in [0, 0.05) is 16.8 Å². The van der Waals surface area contributed by atoms with Gasteiger partial charge in [0.25, 0.3) is 0 Å². The summed E-state index contributed by atoms with van der Waals surface area (Å²) in [5.74, 6) is 1.74. The first-order chi connectivity index (χ1) is 9.06. The number of nitrogens with one attached hydrogen (secondary N) is 1. The summed E-state index contributed by atoms with van der Waals surface area (Å²) in [7, 11) is 0. The van der Waals surface area contributed by atoms with Crippen LogP contribution >= 0.6 is 11.6 Å². The van der Waals surface area contributed by atoms with E-state index in [1.807, 2.05) is 6.92 Å². The van der Waals surface area contributed by atoms with Gasteiger partial charge in [-0.1, -0.05) is 44.4 Å². The lowest BCUT2D eigenvalue weighted by Crippen LogP contribution is -2.18. The van der Waals surface area contributed by atoms with E-state index in [2.05, 4.69) is 37.4 Å².